The number of aryl methyl sites for hydroxylation is 1. The van der Waals surface area contributed by atoms with Gasteiger partial charge in [0.25, 0.3) is 5.91 Å². The van der Waals surface area contributed by atoms with E-state index in [4.69, 9.17) is 0 Å². The predicted molar refractivity (Wildman–Crippen MR) is 77.7 cm³/mol. The van der Waals surface area contributed by atoms with Gasteiger partial charge in [0.1, 0.15) is 0 Å². The van der Waals surface area contributed by atoms with Gasteiger partial charge >= 0.3 is 0 Å². The molecule has 0 saturated carbocycles. The molecule has 3 heterocycles. The van der Waals surface area contributed by atoms with E-state index in [2.05, 4.69) is 15.2 Å². The van der Waals surface area contributed by atoms with Crippen molar-refractivity contribution in [2.45, 2.75) is 45.2 Å². The van der Waals surface area contributed by atoms with Crippen LogP contribution in [0.5, 0.6) is 0 Å². The maximum Gasteiger partial charge on any atom is 0.256 e. The summed E-state index contributed by atoms with van der Waals surface area (Å²) in [6.45, 7) is 1.18. The zero-order valence-electron chi connectivity index (χ0n) is 11.9. The van der Waals surface area contributed by atoms with E-state index in [9.17, 15) is 4.79 Å². The molecule has 0 spiro atoms. The van der Waals surface area contributed by atoms with Gasteiger partial charge in [-0.05, 0) is 43.4 Å². The molecular weight excluding hydrogens is 264 g/mol. The van der Waals surface area contributed by atoms with E-state index in [0.717, 1.165) is 29.8 Å². The van der Waals surface area contributed by atoms with E-state index in [0.29, 0.717) is 13.1 Å². The van der Waals surface area contributed by atoms with Crippen molar-refractivity contribution in [2.24, 2.45) is 0 Å². The van der Waals surface area contributed by atoms with Crippen LogP contribution in [0.15, 0.2) is 18.3 Å². The minimum Gasteiger partial charge on any atom is -0.327 e. The van der Waals surface area contributed by atoms with Gasteiger partial charge in [0, 0.05) is 11.9 Å². The van der Waals surface area contributed by atoms with Crippen LogP contribution in [0.4, 0.5) is 0 Å². The number of hydrogen-bond acceptors (Lipinski definition) is 3. The van der Waals surface area contributed by atoms with E-state index in [1.54, 1.807) is 6.20 Å². The molecule has 1 aliphatic heterocycles. The summed E-state index contributed by atoms with van der Waals surface area (Å²) < 4.78 is 0. The lowest BCUT2D eigenvalue weighted by Gasteiger charge is -2.14. The number of aromatic amines is 1. The van der Waals surface area contributed by atoms with Gasteiger partial charge in [0.05, 0.1) is 30.0 Å². The van der Waals surface area contributed by atoms with Crippen molar-refractivity contribution in [1.29, 1.82) is 0 Å². The zero-order chi connectivity index (χ0) is 14.2. The summed E-state index contributed by atoms with van der Waals surface area (Å²) in [5.41, 5.74) is 5.25. The minimum absolute atomic E-state index is 0.0727. The van der Waals surface area contributed by atoms with Crippen molar-refractivity contribution in [3.05, 3.63) is 46.5 Å². The lowest BCUT2D eigenvalue weighted by atomic mass is 10.1. The van der Waals surface area contributed by atoms with Crippen molar-refractivity contribution < 1.29 is 4.79 Å². The lowest BCUT2D eigenvalue weighted by molar-refractivity contribution is 0.0764. The van der Waals surface area contributed by atoms with Gasteiger partial charge < -0.3 is 4.90 Å². The zero-order valence-corrected chi connectivity index (χ0v) is 11.9. The summed E-state index contributed by atoms with van der Waals surface area (Å²) in [5.74, 6) is 0.0727. The fourth-order valence-electron chi connectivity index (χ4n) is 3.35. The second kappa shape index (κ2) is 4.98. The normalized spacial score (nSPS) is 17.5. The lowest BCUT2D eigenvalue weighted by Crippen LogP contribution is -2.24. The third-order valence-electron chi connectivity index (χ3n) is 4.48. The molecule has 0 radical (unpaired) electrons. The Morgan fingerprint density at radius 2 is 2.14 bits per heavy atom. The molecule has 2 aromatic heterocycles. The number of pyridine rings is 1. The highest BCUT2D eigenvalue weighted by Crippen LogP contribution is 2.26. The molecule has 5 nitrogen and oxygen atoms in total. The molecule has 0 aromatic carbocycles. The van der Waals surface area contributed by atoms with Crippen molar-refractivity contribution in [3.8, 4) is 0 Å². The van der Waals surface area contributed by atoms with Gasteiger partial charge in [-0.1, -0.05) is 6.42 Å². The Hall–Kier alpha value is -2.17. The molecule has 1 N–H and O–H groups in total. The quantitative estimate of drug-likeness (QED) is 0.859. The summed E-state index contributed by atoms with van der Waals surface area (Å²) in [6.07, 6.45) is 7.63. The molecule has 0 bridgehead atoms. The Bertz CT molecular complexity index is 691. The van der Waals surface area contributed by atoms with Gasteiger partial charge in [-0.3, -0.25) is 14.9 Å². The third kappa shape index (κ3) is 2.13. The third-order valence-corrected chi connectivity index (χ3v) is 4.48. The second-order valence-corrected chi connectivity index (χ2v) is 5.85. The number of nitrogens with zero attached hydrogens (tertiary/aromatic N) is 3. The Morgan fingerprint density at radius 1 is 1.24 bits per heavy atom. The van der Waals surface area contributed by atoms with E-state index in [-0.39, 0.29) is 5.91 Å². The monoisotopic (exact) mass is 282 g/mol. The van der Waals surface area contributed by atoms with Gasteiger partial charge in [0.2, 0.25) is 0 Å². The minimum atomic E-state index is 0.0727. The average molecular weight is 282 g/mol. The molecule has 5 heteroatoms. The van der Waals surface area contributed by atoms with Crippen molar-refractivity contribution >= 4 is 5.91 Å². The van der Waals surface area contributed by atoms with Crippen LogP contribution >= 0.6 is 0 Å². The molecule has 21 heavy (non-hydrogen) atoms. The first-order chi connectivity index (χ1) is 10.3. The van der Waals surface area contributed by atoms with Gasteiger partial charge in [0.15, 0.2) is 0 Å². The molecule has 0 unspecified atom stereocenters. The Morgan fingerprint density at radius 3 is 3.05 bits per heavy atom. The van der Waals surface area contributed by atoms with Crippen LogP contribution in [0.2, 0.25) is 0 Å². The van der Waals surface area contributed by atoms with E-state index < -0.39 is 0 Å². The van der Waals surface area contributed by atoms with Crippen LogP contribution in [0.1, 0.15) is 52.3 Å². The summed E-state index contributed by atoms with van der Waals surface area (Å²) >= 11 is 0. The highest BCUT2D eigenvalue weighted by molar-refractivity contribution is 5.97. The molecule has 1 aliphatic carbocycles. The molecule has 1 amide bonds. The number of fused-ring (bicyclic) bond motifs is 2. The summed E-state index contributed by atoms with van der Waals surface area (Å²) in [4.78, 5) is 18.6. The first-order valence-corrected chi connectivity index (χ1v) is 7.61. The van der Waals surface area contributed by atoms with Crippen LogP contribution in [-0.4, -0.2) is 26.0 Å². The van der Waals surface area contributed by atoms with Crippen LogP contribution in [0.3, 0.4) is 0 Å². The maximum absolute atomic E-state index is 12.4. The van der Waals surface area contributed by atoms with Gasteiger partial charge in [-0.25, -0.2) is 0 Å². The Kier molecular flexibility index (Phi) is 2.98. The summed E-state index contributed by atoms with van der Waals surface area (Å²) in [6, 6.07) is 3.68. The summed E-state index contributed by atoms with van der Waals surface area (Å²) in [7, 11) is 0. The molecule has 0 saturated heterocycles. The number of H-pyrrole nitrogens is 1. The predicted octanol–water partition coefficient (Wildman–Crippen LogP) is 2.23. The van der Waals surface area contributed by atoms with Gasteiger partial charge in [-0.2, -0.15) is 5.10 Å². The van der Waals surface area contributed by atoms with Crippen LogP contribution < -0.4 is 0 Å². The Balaban J connectivity index is 1.58. The SMILES string of the molecule is O=C1c2cccnc2CN1Cc1n[nH]c2c1CCCCC2. The molecule has 0 fully saturated rings. The van der Waals surface area contributed by atoms with Crippen LogP contribution in [0.25, 0.3) is 0 Å². The molecule has 108 valence electrons. The highest BCUT2D eigenvalue weighted by atomic mass is 16.2. The fourth-order valence-corrected chi connectivity index (χ4v) is 3.35. The van der Waals surface area contributed by atoms with Crippen LogP contribution in [-0.2, 0) is 25.9 Å². The molecular formula is C16H18N4O. The smallest absolute Gasteiger partial charge is 0.256 e. The number of amides is 1. The number of hydrogen-bond donors (Lipinski definition) is 1. The number of nitrogens with one attached hydrogen (secondary N) is 1. The molecule has 2 aromatic rings. The second-order valence-electron chi connectivity index (χ2n) is 5.85. The van der Waals surface area contributed by atoms with E-state index >= 15 is 0 Å². The maximum atomic E-state index is 12.4. The summed E-state index contributed by atoms with van der Waals surface area (Å²) in [5, 5.41) is 7.63. The highest BCUT2D eigenvalue weighted by Gasteiger charge is 2.29. The van der Waals surface area contributed by atoms with E-state index in [1.165, 1.54) is 30.5 Å². The van der Waals surface area contributed by atoms with Gasteiger partial charge in [-0.15, -0.1) is 0 Å². The first kappa shape index (κ1) is 12.6. The number of aromatic nitrogens is 3. The van der Waals surface area contributed by atoms with E-state index in [1.807, 2.05) is 17.0 Å². The molecule has 4 rings (SSSR count). The Labute approximate surface area is 123 Å². The largest absolute Gasteiger partial charge is 0.327 e. The number of rotatable bonds is 2. The fraction of sp³-hybridized carbons (Fsp3) is 0.438. The molecule has 2 aliphatic rings. The first-order valence-electron chi connectivity index (χ1n) is 7.61. The van der Waals surface area contributed by atoms with Crippen molar-refractivity contribution in [1.82, 2.24) is 20.1 Å². The van der Waals surface area contributed by atoms with Crippen LogP contribution in [0, 0.1) is 0 Å². The topological polar surface area (TPSA) is 61.9 Å². The number of carbonyl (C=O) groups is 1. The average Bonchev–Trinajstić information content (AvgIpc) is 2.92. The molecule has 0 atom stereocenters. The van der Waals surface area contributed by atoms with Crippen molar-refractivity contribution in [3.63, 3.8) is 0 Å². The number of carbonyl (C=O) groups excluding carboxylic acids is 1. The standard InChI is InChI=1S/C16H18N4O/c21-16-12-6-4-8-17-14(12)9-20(16)10-15-11-5-2-1-3-7-13(11)18-19-15/h4,6,8H,1-3,5,7,9-10H2,(H,18,19). The van der Waals surface area contributed by atoms with Crippen molar-refractivity contribution in [2.75, 3.05) is 0 Å².